The van der Waals surface area contributed by atoms with Crippen LogP contribution in [0.15, 0.2) is 30.6 Å². The summed E-state index contributed by atoms with van der Waals surface area (Å²) in [5.41, 5.74) is 8.91. The fourth-order valence-corrected chi connectivity index (χ4v) is 1.53. The fraction of sp³-hybridized carbons (Fsp3) is 0.273. The average molecular weight is 187 g/mol. The Balaban J connectivity index is 2.65. The van der Waals surface area contributed by atoms with Crippen molar-refractivity contribution in [3.8, 4) is 0 Å². The number of fused-ring (bicyclic) bond motifs is 1. The molecule has 0 radical (unpaired) electrons. The van der Waals surface area contributed by atoms with E-state index in [1.54, 1.807) is 12.4 Å². The maximum atomic E-state index is 5.99. The average Bonchev–Trinajstić information content (AvgIpc) is 2.27. The van der Waals surface area contributed by atoms with Crippen molar-refractivity contribution in [2.45, 2.75) is 19.4 Å². The molecule has 3 heteroatoms. The van der Waals surface area contributed by atoms with Crippen LogP contribution in [0.25, 0.3) is 11.0 Å². The number of nitrogens with two attached hydrogens (primary N) is 1. The van der Waals surface area contributed by atoms with Crippen molar-refractivity contribution in [3.63, 3.8) is 0 Å². The lowest BCUT2D eigenvalue weighted by Gasteiger charge is -2.10. The first kappa shape index (κ1) is 9.09. The van der Waals surface area contributed by atoms with Crippen LogP contribution in [-0.2, 0) is 0 Å². The van der Waals surface area contributed by atoms with Crippen molar-refractivity contribution in [2.75, 3.05) is 0 Å². The monoisotopic (exact) mass is 187 g/mol. The molecule has 3 nitrogen and oxygen atoms in total. The van der Waals surface area contributed by atoms with Crippen LogP contribution in [0.1, 0.15) is 24.9 Å². The van der Waals surface area contributed by atoms with Crippen molar-refractivity contribution < 1.29 is 0 Å². The molecule has 0 aliphatic rings. The number of rotatable bonds is 2. The van der Waals surface area contributed by atoms with Crippen LogP contribution in [0.4, 0.5) is 0 Å². The third-order valence-electron chi connectivity index (χ3n) is 2.37. The summed E-state index contributed by atoms with van der Waals surface area (Å²) in [4.78, 5) is 8.55. The van der Waals surface area contributed by atoms with Crippen LogP contribution < -0.4 is 5.73 Å². The molecule has 0 bridgehead atoms. The van der Waals surface area contributed by atoms with Gasteiger partial charge in [0.2, 0.25) is 0 Å². The van der Waals surface area contributed by atoms with Crippen LogP contribution in [-0.4, -0.2) is 9.97 Å². The normalized spacial score (nSPS) is 13.0. The predicted octanol–water partition coefficient (Wildman–Crippen LogP) is 2.04. The van der Waals surface area contributed by atoms with Gasteiger partial charge in [-0.25, -0.2) is 0 Å². The molecular formula is C11H13N3. The first-order valence-electron chi connectivity index (χ1n) is 4.78. The summed E-state index contributed by atoms with van der Waals surface area (Å²) in [6.07, 6.45) is 4.31. The summed E-state index contributed by atoms with van der Waals surface area (Å²) < 4.78 is 0. The van der Waals surface area contributed by atoms with Gasteiger partial charge in [0, 0.05) is 18.4 Å². The fourth-order valence-electron chi connectivity index (χ4n) is 1.53. The second-order valence-electron chi connectivity index (χ2n) is 3.29. The largest absolute Gasteiger partial charge is 0.324 e. The van der Waals surface area contributed by atoms with Crippen LogP contribution >= 0.6 is 0 Å². The molecule has 0 aliphatic carbocycles. The Morgan fingerprint density at radius 3 is 2.86 bits per heavy atom. The number of benzene rings is 1. The van der Waals surface area contributed by atoms with E-state index in [1.165, 1.54) is 0 Å². The van der Waals surface area contributed by atoms with E-state index < -0.39 is 0 Å². The van der Waals surface area contributed by atoms with Gasteiger partial charge in [0.25, 0.3) is 0 Å². The van der Waals surface area contributed by atoms with Gasteiger partial charge in [-0.15, -0.1) is 0 Å². The lowest BCUT2D eigenvalue weighted by atomic mass is 10.0. The molecule has 1 unspecified atom stereocenters. The van der Waals surface area contributed by atoms with Gasteiger partial charge >= 0.3 is 0 Å². The molecule has 2 N–H and O–H groups in total. The zero-order chi connectivity index (χ0) is 9.97. The molecule has 0 saturated heterocycles. The number of aromatic nitrogens is 2. The molecular weight excluding hydrogens is 174 g/mol. The first-order chi connectivity index (χ1) is 6.83. The molecule has 2 aromatic rings. The number of para-hydroxylation sites is 1. The minimum absolute atomic E-state index is 0.0513. The Morgan fingerprint density at radius 2 is 2.07 bits per heavy atom. The number of nitrogens with zero attached hydrogens (tertiary/aromatic N) is 2. The molecule has 1 aromatic heterocycles. The van der Waals surface area contributed by atoms with Gasteiger partial charge in [-0.05, 0) is 18.1 Å². The Morgan fingerprint density at radius 1 is 1.29 bits per heavy atom. The molecule has 2 rings (SSSR count). The Hall–Kier alpha value is -1.48. The minimum atomic E-state index is 0.0513. The van der Waals surface area contributed by atoms with Crippen molar-refractivity contribution in [1.29, 1.82) is 0 Å². The van der Waals surface area contributed by atoms with Crippen molar-refractivity contribution in [2.24, 2.45) is 5.73 Å². The summed E-state index contributed by atoms with van der Waals surface area (Å²) in [5, 5.41) is 0. The molecule has 0 amide bonds. The summed E-state index contributed by atoms with van der Waals surface area (Å²) in [5.74, 6) is 0. The summed E-state index contributed by atoms with van der Waals surface area (Å²) >= 11 is 0. The molecule has 1 heterocycles. The molecule has 72 valence electrons. The zero-order valence-electron chi connectivity index (χ0n) is 8.14. The second-order valence-corrected chi connectivity index (χ2v) is 3.29. The zero-order valence-corrected chi connectivity index (χ0v) is 8.14. The maximum absolute atomic E-state index is 5.99. The van der Waals surface area contributed by atoms with Crippen molar-refractivity contribution in [3.05, 3.63) is 36.2 Å². The van der Waals surface area contributed by atoms with Crippen LogP contribution in [0.3, 0.4) is 0 Å². The summed E-state index contributed by atoms with van der Waals surface area (Å²) in [6.45, 7) is 2.07. The highest BCUT2D eigenvalue weighted by molar-refractivity contribution is 5.77. The second kappa shape index (κ2) is 3.72. The van der Waals surface area contributed by atoms with E-state index in [2.05, 4.69) is 16.9 Å². The highest BCUT2D eigenvalue weighted by atomic mass is 14.8. The molecule has 14 heavy (non-hydrogen) atoms. The van der Waals surface area contributed by atoms with Gasteiger partial charge in [-0.2, -0.15) is 0 Å². The number of hydrogen-bond acceptors (Lipinski definition) is 3. The first-order valence-corrected chi connectivity index (χ1v) is 4.78. The van der Waals surface area contributed by atoms with E-state index >= 15 is 0 Å². The third kappa shape index (κ3) is 1.46. The van der Waals surface area contributed by atoms with Gasteiger partial charge in [0.1, 0.15) is 0 Å². The van der Waals surface area contributed by atoms with E-state index in [0.717, 1.165) is 23.0 Å². The standard InChI is InChI=1S/C11H13N3/c1-2-9(12)8-4-3-5-10-11(8)14-7-6-13-10/h3-7,9H,2,12H2,1H3. The van der Waals surface area contributed by atoms with Crippen LogP contribution in [0.2, 0.25) is 0 Å². The summed E-state index contributed by atoms with van der Waals surface area (Å²) in [6, 6.07) is 6.00. The molecule has 0 aliphatic heterocycles. The van der Waals surface area contributed by atoms with E-state index in [0.29, 0.717) is 0 Å². The molecule has 0 saturated carbocycles. The lowest BCUT2D eigenvalue weighted by Crippen LogP contribution is -2.09. The van der Waals surface area contributed by atoms with Gasteiger partial charge in [0.15, 0.2) is 0 Å². The third-order valence-corrected chi connectivity index (χ3v) is 2.37. The topological polar surface area (TPSA) is 51.8 Å². The molecule has 1 aromatic carbocycles. The quantitative estimate of drug-likeness (QED) is 0.782. The Bertz CT molecular complexity index is 434. The van der Waals surface area contributed by atoms with Gasteiger partial charge < -0.3 is 5.73 Å². The van der Waals surface area contributed by atoms with E-state index in [4.69, 9.17) is 5.73 Å². The van der Waals surface area contributed by atoms with E-state index in [9.17, 15) is 0 Å². The predicted molar refractivity (Wildman–Crippen MR) is 56.8 cm³/mol. The van der Waals surface area contributed by atoms with E-state index in [-0.39, 0.29) is 6.04 Å². The SMILES string of the molecule is CCC(N)c1cccc2nccnc12. The molecule has 1 atom stereocenters. The molecule has 0 fully saturated rings. The lowest BCUT2D eigenvalue weighted by molar-refractivity contribution is 0.702. The van der Waals surface area contributed by atoms with Gasteiger partial charge in [-0.3, -0.25) is 9.97 Å². The van der Waals surface area contributed by atoms with E-state index in [1.807, 2.05) is 18.2 Å². The Labute approximate surface area is 83.0 Å². The highest BCUT2D eigenvalue weighted by Gasteiger charge is 2.08. The Kier molecular flexibility index (Phi) is 2.41. The van der Waals surface area contributed by atoms with Crippen LogP contribution in [0, 0.1) is 0 Å². The van der Waals surface area contributed by atoms with Crippen molar-refractivity contribution in [1.82, 2.24) is 9.97 Å². The summed E-state index contributed by atoms with van der Waals surface area (Å²) in [7, 11) is 0. The highest BCUT2D eigenvalue weighted by Crippen LogP contribution is 2.20. The number of hydrogen-bond donors (Lipinski definition) is 1. The smallest absolute Gasteiger partial charge is 0.0934 e. The van der Waals surface area contributed by atoms with Crippen LogP contribution in [0.5, 0.6) is 0 Å². The minimum Gasteiger partial charge on any atom is -0.324 e. The maximum Gasteiger partial charge on any atom is 0.0934 e. The van der Waals surface area contributed by atoms with Gasteiger partial charge in [0.05, 0.1) is 11.0 Å². The van der Waals surface area contributed by atoms with Gasteiger partial charge in [-0.1, -0.05) is 19.1 Å². The van der Waals surface area contributed by atoms with Crippen molar-refractivity contribution >= 4 is 11.0 Å². The molecule has 0 spiro atoms.